The summed E-state index contributed by atoms with van der Waals surface area (Å²) in [5.41, 5.74) is 1.56. The highest BCUT2D eigenvalue weighted by Crippen LogP contribution is 2.25. The van der Waals surface area contributed by atoms with E-state index in [0.29, 0.717) is 0 Å². The fourth-order valence-electron chi connectivity index (χ4n) is 0.697. The first-order chi connectivity index (χ1) is 3.34. The molecule has 1 heteroatoms. The maximum atomic E-state index is 3.09. The van der Waals surface area contributed by atoms with Gasteiger partial charge >= 0.3 is 0 Å². The van der Waals surface area contributed by atoms with E-state index in [1.165, 1.54) is 0 Å². The Hall–Kier alpha value is -0.300. The summed E-state index contributed by atoms with van der Waals surface area (Å²) in [5, 5.41) is 3.09. The van der Waals surface area contributed by atoms with E-state index < -0.39 is 0 Å². The van der Waals surface area contributed by atoms with Gasteiger partial charge in [-0.05, 0) is 13.0 Å². The van der Waals surface area contributed by atoms with Crippen LogP contribution in [0.5, 0.6) is 0 Å². The summed E-state index contributed by atoms with van der Waals surface area (Å²) in [5.74, 6) is 0.799. The van der Waals surface area contributed by atoms with E-state index in [9.17, 15) is 0 Å². The van der Waals surface area contributed by atoms with Gasteiger partial charge < -0.3 is 5.32 Å². The fourth-order valence-corrected chi connectivity index (χ4v) is 0.697. The van der Waals surface area contributed by atoms with Gasteiger partial charge in [0.2, 0.25) is 0 Å². The molecular weight excluding hydrogens is 86.1 g/mol. The van der Waals surface area contributed by atoms with Gasteiger partial charge in [-0.1, -0.05) is 18.6 Å². The Morgan fingerprint density at radius 1 is 1.86 bits per heavy atom. The first kappa shape index (κ1) is 4.85. The SMILES string of the molecule is CNCC1=CC1C. The molecule has 1 N–H and O–H groups in total. The molecular formula is C6H11N. The van der Waals surface area contributed by atoms with E-state index in [4.69, 9.17) is 0 Å². The summed E-state index contributed by atoms with van der Waals surface area (Å²) in [6.45, 7) is 3.30. The van der Waals surface area contributed by atoms with Gasteiger partial charge in [0.15, 0.2) is 0 Å². The molecule has 7 heavy (non-hydrogen) atoms. The Morgan fingerprint density at radius 2 is 2.43 bits per heavy atom. The minimum atomic E-state index is 0.799. The third-order valence-electron chi connectivity index (χ3n) is 1.32. The van der Waals surface area contributed by atoms with Crippen LogP contribution in [0.15, 0.2) is 11.6 Å². The number of allylic oxidation sites excluding steroid dienone is 1. The largest absolute Gasteiger partial charge is 0.316 e. The fraction of sp³-hybridized carbons (Fsp3) is 0.667. The molecule has 1 atom stereocenters. The predicted molar refractivity (Wildman–Crippen MR) is 31.2 cm³/mol. The Balaban J connectivity index is 2.09. The van der Waals surface area contributed by atoms with E-state index in [-0.39, 0.29) is 0 Å². The highest BCUT2D eigenvalue weighted by atomic mass is 14.8. The highest BCUT2D eigenvalue weighted by molar-refractivity contribution is 5.28. The van der Waals surface area contributed by atoms with Gasteiger partial charge in [0, 0.05) is 6.54 Å². The van der Waals surface area contributed by atoms with Gasteiger partial charge in [0.1, 0.15) is 0 Å². The highest BCUT2D eigenvalue weighted by Gasteiger charge is 2.16. The third-order valence-corrected chi connectivity index (χ3v) is 1.32. The minimum Gasteiger partial charge on any atom is -0.316 e. The summed E-state index contributed by atoms with van der Waals surface area (Å²) in [7, 11) is 1.98. The molecule has 1 nitrogen and oxygen atoms in total. The number of hydrogen-bond donors (Lipinski definition) is 1. The second-order valence-electron chi connectivity index (χ2n) is 2.06. The molecule has 0 aromatic rings. The van der Waals surface area contributed by atoms with Crippen LogP contribution in [0.3, 0.4) is 0 Å². The average Bonchev–Trinajstić information content (AvgIpc) is 2.22. The summed E-state index contributed by atoms with van der Waals surface area (Å²) in [4.78, 5) is 0. The van der Waals surface area contributed by atoms with E-state index in [1.54, 1.807) is 5.57 Å². The van der Waals surface area contributed by atoms with E-state index >= 15 is 0 Å². The summed E-state index contributed by atoms with van der Waals surface area (Å²) < 4.78 is 0. The normalized spacial score (nSPS) is 27.1. The molecule has 0 bridgehead atoms. The van der Waals surface area contributed by atoms with Gasteiger partial charge in [0.05, 0.1) is 0 Å². The van der Waals surface area contributed by atoms with Crippen molar-refractivity contribution >= 4 is 0 Å². The van der Waals surface area contributed by atoms with Crippen LogP contribution in [0.4, 0.5) is 0 Å². The molecule has 0 amide bonds. The van der Waals surface area contributed by atoms with Crippen molar-refractivity contribution in [3.05, 3.63) is 11.6 Å². The molecule has 40 valence electrons. The monoisotopic (exact) mass is 97.1 g/mol. The smallest absolute Gasteiger partial charge is 0.0167 e. The lowest BCUT2D eigenvalue weighted by Gasteiger charge is -1.88. The Morgan fingerprint density at radius 3 is 2.57 bits per heavy atom. The first-order valence-corrected chi connectivity index (χ1v) is 2.70. The minimum absolute atomic E-state index is 0.799. The number of rotatable bonds is 2. The van der Waals surface area contributed by atoms with E-state index in [2.05, 4.69) is 18.3 Å². The van der Waals surface area contributed by atoms with Crippen LogP contribution < -0.4 is 5.32 Å². The lowest BCUT2D eigenvalue weighted by Crippen LogP contribution is -2.06. The summed E-state index contributed by atoms with van der Waals surface area (Å²) in [6, 6.07) is 0. The maximum Gasteiger partial charge on any atom is 0.0167 e. The zero-order valence-electron chi connectivity index (χ0n) is 4.86. The van der Waals surface area contributed by atoms with Crippen molar-refractivity contribution in [3.63, 3.8) is 0 Å². The Labute approximate surface area is 44.4 Å². The van der Waals surface area contributed by atoms with Crippen molar-refractivity contribution in [1.29, 1.82) is 0 Å². The van der Waals surface area contributed by atoms with Crippen LogP contribution in [-0.2, 0) is 0 Å². The molecule has 0 saturated heterocycles. The van der Waals surface area contributed by atoms with Crippen LogP contribution >= 0.6 is 0 Å². The van der Waals surface area contributed by atoms with Gasteiger partial charge in [-0.25, -0.2) is 0 Å². The summed E-state index contributed by atoms with van der Waals surface area (Å²) >= 11 is 0. The summed E-state index contributed by atoms with van der Waals surface area (Å²) in [6.07, 6.45) is 2.27. The lowest BCUT2D eigenvalue weighted by molar-refractivity contribution is 0.854. The van der Waals surface area contributed by atoms with Crippen LogP contribution in [0.2, 0.25) is 0 Å². The van der Waals surface area contributed by atoms with Crippen LogP contribution in [0.25, 0.3) is 0 Å². The predicted octanol–water partition coefficient (Wildman–Crippen LogP) is 0.782. The van der Waals surface area contributed by atoms with Crippen LogP contribution in [0.1, 0.15) is 6.92 Å². The molecule has 0 saturated carbocycles. The maximum absolute atomic E-state index is 3.09. The van der Waals surface area contributed by atoms with E-state index in [1.807, 2.05) is 7.05 Å². The number of hydrogen-bond acceptors (Lipinski definition) is 1. The van der Waals surface area contributed by atoms with Crippen LogP contribution in [-0.4, -0.2) is 13.6 Å². The number of likely N-dealkylation sites (N-methyl/N-ethyl adjacent to an activating group) is 1. The molecule has 0 spiro atoms. The van der Waals surface area contributed by atoms with Gasteiger partial charge in [-0.2, -0.15) is 0 Å². The Kier molecular flexibility index (Phi) is 1.15. The van der Waals surface area contributed by atoms with Crippen molar-refractivity contribution < 1.29 is 0 Å². The second-order valence-corrected chi connectivity index (χ2v) is 2.06. The molecule has 0 heterocycles. The molecule has 0 fully saturated rings. The Bertz CT molecular complexity index is 94.4. The molecule has 0 aliphatic heterocycles. The molecule has 0 aromatic carbocycles. The van der Waals surface area contributed by atoms with Gasteiger partial charge in [-0.3, -0.25) is 0 Å². The molecule has 1 rings (SSSR count). The van der Waals surface area contributed by atoms with E-state index in [0.717, 1.165) is 12.5 Å². The quantitative estimate of drug-likeness (QED) is 0.502. The zero-order valence-corrected chi connectivity index (χ0v) is 4.86. The third kappa shape index (κ3) is 1.03. The number of nitrogens with one attached hydrogen (secondary N) is 1. The standard InChI is InChI=1S/C6H11N/c1-5-3-6(5)4-7-2/h3,5,7H,4H2,1-2H3. The van der Waals surface area contributed by atoms with Crippen LogP contribution in [0, 0.1) is 5.92 Å². The zero-order chi connectivity index (χ0) is 5.28. The molecule has 0 aromatic heterocycles. The topological polar surface area (TPSA) is 12.0 Å². The van der Waals surface area contributed by atoms with Crippen molar-refractivity contribution in [2.45, 2.75) is 6.92 Å². The van der Waals surface area contributed by atoms with Gasteiger partial charge in [-0.15, -0.1) is 0 Å². The molecule has 1 unspecified atom stereocenters. The molecule has 1 aliphatic rings. The van der Waals surface area contributed by atoms with Crippen molar-refractivity contribution in [1.82, 2.24) is 5.32 Å². The van der Waals surface area contributed by atoms with Crippen molar-refractivity contribution in [2.75, 3.05) is 13.6 Å². The molecule has 0 radical (unpaired) electrons. The van der Waals surface area contributed by atoms with Crippen molar-refractivity contribution in [2.24, 2.45) is 5.92 Å². The van der Waals surface area contributed by atoms with Gasteiger partial charge in [0.25, 0.3) is 0 Å². The molecule has 1 aliphatic carbocycles. The second kappa shape index (κ2) is 1.66. The van der Waals surface area contributed by atoms with Crippen molar-refractivity contribution in [3.8, 4) is 0 Å². The lowest BCUT2D eigenvalue weighted by atomic mass is 10.3. The average molecular weight is 97.2 g/mol. The first-order valence-electron chi connectivity index (χ1n) is 2.70.